The van der Waals surface area contributed by atoms with E-state index in [1.165, 1.54) is 6.07 Å². The van der Waals surface area contributed by atoms with Gasteiger partial charge in [0.25, 0.3) is 0 Å². The summed E-state index contributed by atoms with van der Waals surface area (Å²) in [5.41, 5.74) is 11.2. The van der Waals surface area contributed by atoms with E-state index in [-0.39, 0.29) is 18.0 Å². The van der Waals surface area contributed by atoms with E-state index in [4.69, 9.17) is 16.2 Å². The fourth-order valence-electron chi connectivity index (χ4n) is 1.23. The molecule has 1 rings (SSSR count). The molecule has 0 unspecified atom stereocenters. The largest absolute Gasteiger partial charge is 0.490 e. The third kappa shape index (κ3) is 3.82. The van der Waals surface area contributed by atoms with Crippen LogP contribution in [0.2, 0.25) is 0 Å². The summed E-state index contributed by atoms with van der Waals surface area (Å²) in [7, 11) is 0. The Labute approximate surface area is 98.9 Å². The zero-order chi connectivity index (χ0) is 12.8. The molecule has 0 heterocycles. The molecule has 6 heteroatoms. The molecule has 94 valence electrons. The first-order valence-corrected chi connectivity index (χ1v) is 5.28. The van der Waals surface area contributed by atoms with Gasteiger partial charge in [-0.05, 0) is 6.42 Å². The highest BCUT2D eigenvalue weighted by Gasteiger charge is 2.09. The number of amides is 1. The topological polar surface area (TPSA) is 90.4 Å². The van der Waals surface area contributed by atoms with E-state index in [9.17, 15) is 9.18 Å². The molecule has 0 aliphatic rings. The number of nitrogens with one attached hydrogen (secondary N) is 1. The molecule has 0 atom stereocenters. The molecule has 0 aromatic heterocycles. The quantitative estimate of drug-likeness (QED) is 0.650. The van der Waals surface area contributed by atoms with Gasteiger partial charge in [-0.25, -0.2) is 4.39 Å². The van der Waals surface area contributed by atoms with Gasteiger partial charge < -0.3 is 21.5 Å². The molecule has 5 N–H and O–H groups in total. The van der Waals surface area contributed by atoms with Crippen molar-refractivity contribution >= 4 is 17.3 Å². The number of rotatable bonds is 6. The molecule has 1 aromatic rings. The fourth-order valence-corrected chi connectivity index (χ4v) is 1.23. The highest BCUT2D eigenvalue weighted by Crippen LogP contribution is 2.28. The Kier molecular flexibility index (Phi) is 4.56. The first-order chi connectivity index (χ1) is 8.04. The first kappa shape index (κ1) is 13.1. The van der Waals surface area contributed by atoms with Crippen LogP contribution in [0, 0.1) is 5.82 Å². The number of primary amides is 1. The van der Waals surface area contributed by atoms with E-state index < -0.39 is 11.7 Å². The molecule has 0 saturated carbocycles. The van der Waals surface area contributed by atoms with Crippen LogP contribution in [0.15, 0.2) is 12.1 Å². The van der Waals surface area contributed by atoms with E-state index in [0.717, 1.165) is 12.5 Å². The van der Waals surface area contributed by atoms with Crippen molar-refractivity contribution in [3.8, 4) is 5.75 Å². The summed E-state index contributed by atoms with van der Waals surface area (Å²) in [4.78, 5) is 10.6. The maximum Gasteiger partial charge on any atom is 0.236 e. The number of benzene rings is 1. The Morgan fingerprint density at radius 3 is 2.82 bits per heavy atom. The highest BCUT2D eigenvalue weighted by molar-refractivity contribution is 5.81. The van der Waals surface area contributed by atoms with Crippen LogP contribution in [0.25, 0.3) is 0 Å². The van der Waals surface area contributed by atoms with Crippen molar-refractivity contribution in [3.63, 3.8) is 0 Å². The van der Waals surface area contributed by atoms with Crippen LogP contribution in [-0.4, -0.2) is 19.1 Å². The van der Waals surface area contributed by atoms with Crippen LogP contribution in [0.1, 0.15) is 13.3 Å². The smallest absolute Gasteiger partial charge is 0.236 e. The SMILES string of the molecule is CCCOc1cc(NCC(N)=O)c(N)cc1F. The average molecular weight is 241 g/mol. The van der Waals surface area contributed by atoms with Gasteiger partial charge in [0.05, 0.1) is 24.5 Å². The minimum absolute atomic E-state index is 0.0664. The number of carbonyl (C=O) groups is 1. The monoisotopic (exact) mass is 241 g/mol. The minimum Gasteiger partial charge on any atom is -0.490 e. The number of anilines is 2. The van der Waals surface area contributed by atoms with Gasteiger partial charge >= 0.3 is 0 Å². The second-order valence-electron chi connectivity index (χ2n) is 3.54. The number of nitrogen functional groups attached to an aromatic ring is 1. The predicted octanol–water partition coefficient (Wildman–Crippen LogP) is 1.09. The molecule has 1 amide bonds. The lowest BCUT2D eigenvalue weighted by atomic mass is 10.2. The molecule has 5 nitrogen and oxygen atoms in total. The molecule has 0 aliphatic heterocycles. The van der Waals surface area contributed by atoms with Gasteiger partial charge in [-0.3, -0.25) is 4.79 Å². The summed E-state index contributed by atoms with van der Waals surface area (Å²) < 4.78 is 18.6. The highest BCUT2D eigenvalue weighted by atomic mass is 19.1. The Morgan fingerprint density at radius 1 is 1.53 bits per heavy atom. The van der Waals surface area contributed by atoms with Gasteiger partial charge in [0.15, 0.2) is 11.6 Å². The van der Waals surface area contributed by atoms with Crippen LogP contribution >= 0.6 is 0 Å². The number of carbonyl (C=O) groups excluding carboxylic acids is 1. The summed E-state index contributed by atoms with van der Waals surface area (Å²) in [6.45, 7) is 2.26. The third-order valence-corrected chi connectivity index (χ3v) is 2.02. The molecule has 1 aromatic carbocycles. The Balaban J connectivity index is 2.85. The van der Waals surface area contributed by atoms with Crippen LogP contribution in [0.4, 0.5) is 15.8 Å². The maximum atomic E-state index is 13.4. The predicted molar refractivity (Wildman–Crippen MR) is 64.3 cm³/mol. The van der Waals surface area contributed by atoms with Crippen molar-refractivity contribution in [2.75, 3.05) is 24.2 Å². The number of hydrogen-bond donors (Lipinski definition) is 3. The van der Waals surface area contributed by atoms with Crippen molar-refractivity contribution in [3.05, 3.63) is 17.9 Å². The summed E-state index contributed by atoms with van der Waals surface area (Å²) in [6, 6.07) is 2.57. The van der Waals surface area contributed by atoms with Crippen molar-refractivity contribution in [2.24, 2.45) is 5.73 Å². The second-order valence-corrected chi connectivity index (χ2v) is 3.54. The fraction of sp³-hybridized carbons (Fsp3) is 0.364. The standard InChI is InChI=1S/C11H16FN3O2/c1-2-3-17-10-5-9(15-6-11(14)16)8(13)4-7(10)12/h4-5,15H,2-3,6,13H2,1H3,(H2,14,16). The minimum atomic E-state index is -0.527. The third-order valence-electron chi connectivity index (χ3n) is 2.02. The summed E-state index contributed by atoms with van der Waals surface area (Å²) >= 11 is 0. The van der Waals surface area contributed by atoms with Crippen LogP contribution < -0.4 is 21.5 Å². The lowest BCUT2D eigenvalue weighted by Gasteiger charge is -2.12. The van der Waals surface area contributed by atoms with Crippen LogP contribution in [0.5, 0.6) is 5.75 Å². The molecule has 17 heavy (non-hydrogen) atoms. The normalized spacial score (nSPS) is 10.0. The molecule has 0 saturated heterocycles. The zero-order valence-corrected chi connectivity index (χ0v) is 9.63. The van der Waals surface area contributed by atoms with E-state index in [1.54, 1.807) is 0 Å². The van der Waals surface area contributed by atoms with Gasteiger partial charge in [-0.15, -0.1) is 0 Å². The summed E-state index contributed by atoms with van der Waals surface area (Å²) in [5.74, 6) is -0.946. The molecule has 0 aliphatic carbocycles. The number of nitrogens with two attached hydrogens (primary N) is 2. The molecule has 0 radical (unpaired) electrons. The van der Waals surface area contributed by atoms with Gasteiger partial charge in [-0.2, -0.15) is 0 Å². The average Bonchev–Trinajstić information content (AvgIpc) is 2.26. The second kappa shape index (κ2) is 5.93. The summed E-state index contributed by atoms with van der Waals surface area (Å²) in [5, 5.41) is 2.71. The van der Waals surface area contributed by atoms with Gasteiger partial charge in [0.1, 0.15) is 0 Å². The van der Waals surface area contributed by atoms with Crippen LogP contribution in [-0.2, 0) is 4.79 Å². The number of hydrogen-bond acceptors (Lipinski definition) is 4. The van der Waals surface area contributed by atoms with E-state index in [1.807, 2.05) is 6.92 Å². The van der Waals surface area contributed by atoms with Gasteiger partial charge in [0, 0.05) is 12.1 Å². The van der Waals surface area contributed by atoms with Gasteiger partial charge in [-0.1, -0.05) is 6.92 Å². The van der Waals surface area contributed by atoms with E-state index in [0.29, 0.717) is 12.3 Å². The molecular formula is C11H16FN3O2. The van der Waals surface area contributed by atoms with Crippen LogP contribution in [0.3, 0.4) is 0 Å². The van der Waals surface area contributed by atoms with Gasteiger partial charge in [0.2, 0.25) is 5.91 Å². The Morgan fingerprint density at radius 2 is 2.24 bits per heavy atom. The maximum absolute atomic E-state index is 13.4. The van der Waals surface area contributed by atoms with Crippen molar-refractivity contribution in [1.29, 1.82) is 0 Å². The van der Waals surface area contributed by atoms with Crippen molar-refractivity contribution in [2.45, 2.75) is 13.3 Å². The zero-order valence-electron chi connectivity index (χ0n) is 9.63. The van der Waals surface area contributed by atoms with Crippen molar-refractivity contribution in [1.82, 2.24) is 0 Å². The van der Waals surface area contributed by atoms with E-state index >= 15 is 0 Å². The Hall–Kier alpha value is -1.98. The number of halogens is 1. The molecule has 0 spiro atoms. The van der Waals surface area contributed by atoms with E-state index in [2.05, 4.69) is 5.32 Å². The molecule has 0 fully saturated rings. The first-order valence-electron chi connectivity index (χ1n) is 5.28. The Bertz CT molecular complexity index is 410. The number of ether oxygens (including phenoxy) is 1. The molecular weight excluding hydrogens is 225 g/mol. The van der Waals surface area contributed by atoms with Crippen molar-refractivity contribution < 1.29 is 13.9 Å². The lowest BCUT2D eigenvalue weighted by molar-refractivity contribution is -0.116. The molecule has 0 bridgehead atoms. The lowest BCUT2D eigenvalue weighted by Crippen LogP contribution is -2.22. The summed E-state index contributed by atoms with van der Waals surface area (Å²) in [6.07, 6.45) is 0.772.